The van der Waals surface area contributed by atoms with Crippen LogP contribution in [0.3, 0.4) is 0 Å². The van der Waals surface area contributed by atoms with Crippen LogP contribution < -0.4 is 5.32 Å². The van der Waals surface area contributed by atoms with Crippen molar-refractivity contribution in [1.29, 1.82) is 0 Å². The highest BCUT2D eigenvalue weighted by Gasteiger charge is 2.20. The summed E-state index contributed by atoms with van der Waals surface area (Å²) in [7, 11) is 1.90. The van der Waals surface area contributed by atoms with Crippen molar-refractivity contribution in [1.82, 2.24) is 5.32 Å². The maximum atomic E-state index is 5.74. The van der Waals surface area contributed by atoms with Crippen LogP contribution in [0, 0.1) is 6.92 Å². The van der Waals surface area contributed by atoms with Gasteiger partial charge in [0.15, 0.2) is 0 Å². The minimum Gasteiger partial charge on any atom is -0.467 e. The van der Waals surface area contributed by atoms with Gasteiger partial charge in [-0.15, -0.1) is 0 Å². The lowest BCUT2D eigenvalue weighted by Crippen LogP contribution is -2.17. The Morgan fingerprint density at radius 2 is 2.12 bits per heavy atom. The SMILES string of the molecule is CCc1ccc(C(NC)c2occc2C)o1. The Labute approximate surface area is 95.5 Å². The summed E-state index contributed by atoms with van der Waals surface area (Å²) in [5.41, 5.74) is 1.13. The van der Waals surface area contributed by atoms with Crippen molar-refractivity contribution in [2.45, 2.75) is 26.3 Å². The number of furan rings is 2. The normalized spacial score (nSPS) is 12.9. The quantitative estimate of drug-likeness (QED) is 0.858. The van der Waals surface area contributed by atoms with E-state index in [0.717, 1.165) is 29.3 Å². The van der Waals surface area contributed by atoms with E-state index in [1.165, 1.54) is 0 Å². The minimum absolute atomic E-state index is 0.00435. The zero-order chi connectivity index (χ0) is 11.5. The number of rotatable bonds is 4. The molecule has 2 heterocycles. The van der Waals surface area contributed by atoms with Crippen LogP contribution in [0.4, 0.5) is 0 Å². The molecule has 0 radical (unpaired) electrons. The molecule has 0 bridgehead atoms. The third-order valence-corrected chi connectivity index (χ3v) is 2.77. The highest BCUT2D eigenvalue weighted by molar-refractivity contribution is 5.26. The molecule has 0 spiro atoms. The number of nitrogens with one attached hydrogen (secondary N) is 1. The molecule has 3 nitrogen and oxygen atoms in total. The Morgan fingerprint density at radius 1 is 1.31 bits per heavy atom. The molecule has 86 valence electrons. The number of aryl methyl sites for hydroxylation is 2. The summed E-state index contributed by atoms with van der Waals surface area (Å²) < 4.78 is 11.2. The van der Waals surface area contributed by atoms with Gasteiger partial charge in [0, 0.05) is 6.42 Å². The summed E-state index contributed by atoms with van der Waals surface area (Å²) in [5, 5.41) is 3.21. The summed E-state index contributed by atoms with van der Waals surface area (Å²) in [6, 6.07) is 5.97. The first-order valence-electron chi connectivity index (χ1n) is 5.56. The summed E-state index contributed by atoms with van der Waals surface area (Å²) in [6.45, 7) is 4.11. The average molecular weight is 219 g/mol. The van der Waals surface area contributed by atoms with Crippen LogP contribution in [0.1, 0.15) is 35.8 Å². The first-order valence-corrected chi connectivity index (χ1v) is 5.56. The zero-order valence-corrected chi connectivity index (χ0v) is 9.91. The van der Waals surface area contributed by atoms with Gasteiger partial charge in [0.05, 0.1) is 6.26 Å². The van der Waals surface area contributed by atoms with E-state index in [2.05, 4.69) is 12.2 Å². The van der Waals surface area contributed by atoms with Gasteiger partial charge in [-0.2, -0.15) is 0 Å². The molecule has 0 saturated heterocycles. The number of hydrogen-bond acceptors (Lipinski definition) is 3. The molecule has 0 fully saturated rings. The Balaban J connectivity index is 2.32. The highest BCUT2D eigenvalue weighted by Crippen LogP contribution is 2.26. The van der Waals surface area contributed by atoms with Crippen molar-refractivity contribution in [3.05, 3.63) is 47.3 Å². The molecule has 16 heavy (non-hydrogen) atoms. The molecule has 2 aromatic heterocycles. The van der Waals surface area contributed by atoms with E-state index in [0.29, 0.717) is 0 Å². The molecule has 2 aromatic rings. The Kier molecular flexibility index (Phi) is 3.15. The molecule has 0 amide bonds. The first kappa shape index (κ1) is 11.0. The van der Waals surface area contributed by atoms with E-state index < -0.39 is 0 Å². The maximum Gasteiger partial charge on any atom is 0.131 e. The molecule has 1 atom stereocenters. The van der Waals surface area contributed by atoms with Crippen LogP contribution in [0.25, 0.3) is 0 Å². The van der Waals surface area contributed by atoms with E-state index in [4.69, 9.17) is 8.83 Å². The zero-order valence-electron chi connectivity index (χ0n) is 9.91. The fourth-order valence-corrected chi connectivity index (χ4v) is 1.82. The summed E-state index contributed by atoms with van der Waals surface area (Å²) in [6.07, 6.45) is 2.62. The van der Waals surface area contributed by atoms with Crippen LogP contribution in [0.15, 0.2) is 33.3 Å². The third-order valence-electron chi connectivity index (χ3n) is 2.77. The van der Waals surface area contributed by atoms with Gasteiger partial charge in [-0.25, -0.2) is 0 Å². The summed E-state index contributed by atoms with van der Waals surface area (Å²) in [5.74, 6) is 2.82. The number of hydrogen-bond donors (Lipinski definition) is 1. The van der Waals surface area contributed by atoms with Crippen molar-refractivity contribution in [3.8, 4) is 0 Å². The van der Waals surface area contributed by atoms with Crippen LogP contribution in [0.2, 0.25) is 0 Å². The Bertz CT molecular complexity index is 456. The van der Waals surface area contributed by atoms with Gasteiger partial charge in [-0.3, -0.25) is 0 Å². The lowest BCUT2D eigenvalue weighted by molar-refractivity contribution is 0.388. The predicted molar refractivity (Wildman–Crippen MR) is 62.4 cm³/mol. The highest BCUT2D eigenvalue weighted by atomic mass is 16.4. The topological polar surface area (TPSA) is 38.3 Å². The van der Waals surface area contributed by atoms with Crippen LogP contribution in [-0.4, -0.2) is 7.05 Å². The molecule has 0 aliphatic carbocycles. The van der Waals surface area contributed by atoms with E-state index in [9.17, 15) is 0 Å². The summed E-state index contributed by atoms with van der Waals surface area (Å²) in [4.78, 5) is 0. The fraction of sp³-hybridized carbons (Fsp3) is 0.385. The van der Waals surface area contributed by atoms with Crippen LogP contribution in [-0.2, 0) is 6.42 Å². The smallest absolute Gasteiger partial charge is 0.131 e. The van der Waals surface area contributed by atoms with Crippen LogP contribution in [0.5, 0.6) is 0 Å². The van der Waals surface area contributed by atoms with Gasteiger partial charge in [0.25, 0.3) is 0 Å². The van der Waals surface area contributed by atoms with Gasteiger partial charge in [0.2, 0.25) is 0 Å². The second kappa shape index (κ2) is 4.58. The largest absolute Gasteiger partial charge is 0.467 e. The van der Waals surface area contributed by atoms with Gasteiger partial charge in [-0.1, -0.05) is 6.92 Å². The molecule has 0 aliphatic rings. The van der Waals surface area contributed by atoms with Crippen molar-refractivity contribution in [2.24, 2.45) is 0 Å². The monoisotopic (exact) mass is 219 g/mol. The average Bonchev–Trinajstić information content (AvgIpc) is 2.90. The molecule has 0 aromatic carbocycles. The minimum atomic E-state index is -0.00435. The fourth-order valence-electron chi connectivity index (χ4n) is 1.82. The molecule has 3 heteroatoms. The van der Waals surface area contributed by atoms with Gasteiger partial charge >= 0.3 is 0 Å². The standard InChI is InChI=1S/C13H17NO2/c1-4-10-5-6-11(16-10)12(14-3)13-9(2)7-8-15-13/h5-8,12,14H,4H2,1-3H3. The molecule has 2 rings (SSSR count). The molecular formula is C13H17NO2. The Morgan fingerprint density at radius 3 is 2.62 bits per heavy atom. The lowest BCUT2D eigenvalue weighted by atomic mass is 10.1. The molecule has 0 aliphatic heterocycles. The maximum absolute atomic E-state index is 5.74. The molecular weight excluding hydrogens is 202 g/mol. The predicted octanol–water partition coefficient (Wildman–Crippen LogP) is 3.05. The molecule has 0 saturated carbocycles. The second-order valence-electron chi connectivity index (χ2n) is 3.85. The van der Waals surface area contributed by atoms with Crippen molar-refractivity contribution < 1.29 is 8.83 Å². The van der Waals surface area contributed by atoms with E-state index in [1.807, 2.05) is 32.2 Å². The summed E-state index contributed by atoms with van der Waals surface area (Å²) >= 11 is 0. The Hall–Kier alpha value is -1.48. The first-order chi connectivity index (χ1) is 7.76. The van der Waals surface area contributed by atoms with E-state index >= 15 is 0 Å². The lowest BCUT2D eigenvalue weighted by Gasteiger charge is -2.11. The van der Waals surface area contributed by atoms with Gasteiger partial charge in [-0.05, 0) is 37.7 Å². The molecule has 1 N–H and O–H groups in total. The van der Waals surface area contributed by atoms with Crippen molar-refractivity contribution >= 4 is 0 Å². The van der Waals surface area contributed by atoms with Crippen molar-refractivity contribution in [2.75, 3.05) is 7.05 Å². The van der Waals surface area contributed by atoms with Crippen molar-refractivity contribution in [3.63, 3.8) is 0 Å². The molecule has 1 unspecified atom stereocenters. The van der Waals surface area contributed by atoms with E-state index in [1.54, 1.807) is 6.26 Å². The van der Waals surface area contributed by atoms with E-state index in [-0.39, 0.29) is 6.04 Å². The van der Waals surface area contributed by atoms with Gasteiger partial charge < -0.3 is 14.2 Å². The van der Waals surface area contributed by atoms with Gasteiger partial charge in [0.1, 0.15) is 23.3 Å². The van der Waals surface area contributed by atoms with Crippen LogP contribution >= 0.6 is 0 Å². The second-order valence-corrected chi connectivity index (χ2v) is 3.85. The third kappa shape index (κ3) is 1.91.